The molecular formula is C20H34O3. The first-order chi connectivity index (χ1) is 11.2. The maximum Gasteiger partial charge on any atom is 0.105 e. The van der Waals surface area contributed by atoms with Gasteiger partial charge < -0.3 is 14.9 Å². The topological polar surface area (TPSA) is 49.7 Å². The van der Waals surface area contributed by atoms with Crippen molar-refractivity contribution in [2.75, 3.05) is 13.7 Å². The van der Waals surface area contributed by atoms with E-state index in [9.17, 15) is 5.11 Å². The number of ether oxygens (including phenoxy) is 1. The van der Waals surface area contributed by atoms with Crippen LogP contribution in [0.25, 0.3) is 0 Å². The summed E-state index contributed by atoms with van der Waals surface area (Å²) in [5, 5.41) is 17.9. The zero-order valence-electron chi connectivity index (χ0n) is 14.6. The van der Waals surface area contributed by atoms with E-state index >= 15 is 0 Å². The van der Waals surface area contributed by atoms with Crippen LogP contribution in [0.4, 0.5) is 0 Å². The second-order valence-corrected chi connectivity index (χ2v) is 5.71. The molecule has 0 bridgehead atoms. The van der Waals surface area contributed by atoms with Crippen LogP contribution in [-0.4, -0.2) is 36.1 Å². The number of unbranched alkanes of at least 4 members (excludes halogenated alkanes) is 6. The fourth-order valence-corrected chi connectivity index (χ4v) is 2.31. The van der Waals surface area contributed by atoms with Crippen LogP contribution >= 0.6 is 0 Å². The molecule has 1 rings (SSSR count). The molecule has 2 unspecified atom stereocenters. The van der Waals surface area contributed by atoms with Gasteiger partial charge in [0.15, 0.2) is 0 Å². The molecule has 0 aliphatic heterocycles. The van der Waals surface area contributed by atoms with E-state index in [1.807, 2.05) is 24.3 Å². The van der Waals surface area contributed by atoms with Crippen LogP contribution < -0.4 is 0 Å². The Morgan fingerprint density at radius 2 is 1.74 bits per heavy atom. The number of allylic oxidation sites excluding steroid dienone is 4. The lowest BCUT2D eigenvalue weighted by Gasteiger charge is -2.20. The van der Waals surface area contributed by atoms with E-state index in [-0.39, 0.29) is 6.10 Å². The normalized spacial score (nSPS) is 19.5. The van der Waals surface area contributed by atoms with E-state index in [4.69, 9.17) is 9.84 Å². The second-order valence-electron chi connectivity index (χ2n) is 5.71. The molecule has 2 atom stereocenters. The quantitative estimate of drug-likeness (QED) is 0.440. The molecule has 0 aromatic rings. The van der Waals surface area contributed by atoms with Crippen LogP contribution in [0.5, 0.6) is 0 Å². The van der Waals surface area contributed by atoms with Crippen LogP contribution in [0.2, 0.25) is 0 Å². The minimum Gasteiger partial charge on any atom is -0.396 e. The summed E-state index contributed by atoms with van der Waals surface area (Å²) in [6.07, 6.45) is 18.0. The van der Waals surface area contributed by atoms with Crippen molar-refractivity contribution < 1.29 is 14.9 Å². The third-order valence-electron chi connectivity index (χ3n) is 3.69. The zero-order chi connectivity index (χ0) is 17.3. The van der Waals surface area contributed by atoms with Gasteiger partial charge >= 0.3 is 0 Å². The van der Waals surface area contributed by atoms with Crippen LogP contribution in [0.3, 0.4) is 0 Å². The Bertz CT molecular complexity index is 358. The number of rotatable bonds is 11. The van der Waals surface area contributed by atoms with Gasteiger partial charge in [-0.3, -0.25) is 0 Å². The number of hydrogen-bond donors (Lipinski definition) is 2. The Labute approximate surface area is 142 Å². The number of aliphatic hydroxyl groups excluding tert-OH is 2. The van der Waals surface area contributed by atoms with Gasteiger partial charge in [0.1, 0.15) is 12.2 Å². The maximum atomic E-state index is 9.37. The molecular weight excluding hydrogens is 288 g/mol. The number of aliphatic hydroxyl groups is 2. The average Bonchev–Trinajstić information content (AvgIpc) is 2.57. The fourth-order valence-electron chi connectivity index (χ4n) is 2.31. The SMILES string of the molecule is C=CCC1=CC(OC)C(O)C=C1.C=CCCCCCCCCO. The highest BCUT2D eigenvalue weighted by molar-refractivity contribution is 5.28. The van der Waals surface area contributed by atoms with Crippen molar-refractivity contribution >= 4 is 0 Å². The second kappa shape index (κ2) is 15.7. The van der Waals surface area contributed by atoms with Gasteiger partial charge in [0.25, 0.3) is 0 Å². The molecule has 0 aromatic carbocycles. The third kappa shape index (κ3) is 12.0. The maximum absolute atomic E-state index is 9.37. The van der Waals surface area contributed by atoms with Crippen LogP contribution in [0.1, 0.15) is 51.4 Å². The van der Waals surface area contributed by atoms with Gasteiger partial charge in [-0.1, -0.05) is 50.0 Å². The minimum atomic E-state index is -0.511. The molecule has 0 spiro atoms. The summed E-state index contributed by atoms with van der Waals surface area (Å²) in [5.41, 5.74) is 1.14. The summed E-state index contributed by atoms with van der Waals surface area (Å²) in [5.74, 6) is 0. The predicted molar refractivity (Wildman–Crippen MR) is 98.4 cm³/mol. The van der Waals surface area contributed by atoms with Crippen molar-refractivity contribution in [2.24, 2.45) is 0 Å². The van der Waals surface area contributed by atoms with Crippen molar-refractivity contribution in [3.05, 3.63) is 49.1 Å². The lowest BCUT2D eigenvalue weighted by atomic mass is 10.0. The molecule has 0 saturated carbocycles. The lowest BCUT2D eigenvalue weighted by Crippen LogP contribution is -2.26. The van der Waals surface area contributed by atoms with E-state index in [0.717, 1.165) is 24.8 Å². The van der Waals surface area contributed by atoms with Crippen molar-refractivity contribution in [2.45, 2.75) is 63.6 Å². The molecule has 3 nitrogen and oxygen atoms in total. The van der Waals surface area contributed by atoms with Crippen molar-refractivity contribution in [1.82, 2.24) is 0 Å². The Balaban J connectivity index is 0.000000423. The van der Waals surface area contributed by atoms with Gasteiger partial charge in [0.2, 0.25) is 0 Å². The van der Waals surface area contributed by atoms with Gasteiger partial charge in [0, 0.05) is 13.7 Å². The number of methoxy groups -OCH3 is 1. The summed E-state index contributed by atoms with van der Waals surface area (Å²) in [7, 11) is 1.59. The van der Waals surface area contributed by atoms with Crippen LogP contribution in [0.15, 0.2) is 49.1 Å². The molecule has 0 saturated heterocycles. The first-order valence-corrected chi connectivity index (χ1v) is 8.62. The molecule has 0 radical (unpaired) electrons. The third-order valence-corrected chi connectivity index (χ3v) is 3.69. The van der Waals surface area contributed by atoms with Crippen LogP contribution in [0, 0.1) is 0 Å². The molecule has 23 heavy (non-hydrogen) atoms. The van der Waals surface area contributed by atoms with Gasteiger partial charge in [0.05, 0.1) is 0 Å². The van der Waals surface area contributed by atoms with Crippen molar-refractivity contribution in [3.63, 3.8) is 0 Å². The molecule has 0 aromatic heterocycles. The molecule has 0 heterocycles. The molecule has 2 N–H and O–H groups in total. The lowest BCUT2D eigenvalue weighted by molar-refractivity contribution is 0.0409. The van der Waals surface area contributed by atoms with Crippen LogP contribution in [-0.2, 0) is 4.74 Å². The zero-order valence-corrected chi connectivity index (χ0v) is 14.6. The van der Waals surface area contributed by atoms with Gasteiger partial charge in [-0.15, -0.1) is 13.2 Å². The molecule has 132 valence electrons. The van der Waals surface area contributed by atoms with E-state index in [1.54, 1.807) is 13.2 Å². The monoisotopic (exact) mass is 322 g/mol. The Hall–Kier alpha value is -1.16. The van der Waals surface area contributed by atoms with Crippen molar-refractivity contribution in [3.8, 4) is 0 Å². The van der Waals surface area contributed by atoms with Gasteiger partial charge in [-0.25, -0.2) is 0 Å². The molecule has 1 aliphatic rings. The highest BCUT2D eigenvalue weighted by Gasteiger charge is 2.16. The number of hydrogen-bond acceptors (Lipinski definition) is 3. The van der Waals surface area contributed by atoms with Gasteiger partial charge in [-0.05, 0) is 37.3 Å². The summed E-state index contributed by atoms with van der Waals surface area (Å²) in [6, 6.07) is 0. The van der Waals surface area contributed by atoms with E-state index in [0.29, 0.717) is 6.61 Å². The van der Waals surface area contributed by atoms with E-state index in [1.165, 1.54) is 32.1 Å². The first kappa shape index (κ1) is 21.8. The summed E-state index contributed by atoms with van der Waals surface area (Å²) >= 11 is 0. The van der Waals surface area contributed by atoms with Gasteiger partial charge in [-0.2, -0.15) is 0 Å². The molecule has 3 heteroatoms. The standard InChI is InChI=1S/C10H14O2.C10H20O/c1-3-4-8-5-6-9(11)10(7-8)12-2;1-2-3-4-5-6-7-8-9-10-11/h3,5-7,9-11H,1,4H2,2H3;2,11H,1,3-10H2. The Morgan fingerprint density at radius 3 is 2.30 bits per heavy atom. The van der Waals surface area contributed by atoms with E-state index in [2.05, 4.69) is 13.2 Å². The molecule has 0 amide bonds. The highest BCUT2D eigenvalue weighted by atomic mass is 16.5. The largest absolute Gasteiger partial charge is 0.396 e. The Kier molecular flexibility index (Phi) is 14.9. The van der Waals surface area contributed by atoms with E-state index < -0.39 is 6.10 Å². The summed E-state index contributed by atoms with van der Waals surface area (Å²) < 4.78 is 5.07. The average molecular weight is 322 g/mol. The Morgan fingerprint density at radius 1 is 1.09 bits per heavy atom. The highest BCUT2D eigenvalue weighted by Crippen LogP contribution is 2.16. The summed E-state index contributed by atoms with van der Waals surface area (Å²) in [4.78, 5) is 0. The fraction of sp³-hybridized carbons (Fsp3) is 0.600. The molecule has 0 fully saturated rings. The minimum absolute atomic E-state index is 0.204. The molecule has 1 aliphatic carbocycles. The predicted octanol–water partition coefficient (Wildman–Crippen LogP) is 4.33. The van der Waals surface area contributed by atoms with Crippen molar-refractivity contribution in [1.29, 1.82) is 0 Å². The first-order valence-electron chi connectivity index (χ1n) is 8.62. The smallest absolute Gasteiger partial charge is 0.105 e. The summed E-state index contributed by atoms with van der Waals surface area (Å²) in [6.45, 7) is 7.68.